The third-order valence-electron chi connectivity index (χ3n) is 1.25. The molecule has 0 radical (unpaired) electrons. The number of carbonyl (C=O) groups is 1. The second-order valence-corrected chi connectivity index (χ2v) is 4.17. The Labute approximate surface area is 93.2 Å². The highest BCUT2D eigenvalue weighted by Gasteiger charge is 2.11. The van der Waals surface area contributed by atoms with Crippen LogP contribution in [0.4, 0.5) is 0 Å². The normalized spacial score (nSPS) is 9.92. The molecule has 0 saturated heterocycles. The first kappa shape index (κ1) is 10.1. The lowest BCUT2D eigenvalue weighted by molar-refractivity contribution is 0.100. The number of primary amides is 1. The first-order valence-electron chi connectivity index (χ1n) is 2.96. The lowest BCUT2D eigenvalue weighted by Gasteiger charge is -2.02. The van der Waals surface area contributed by atoms with E-state index in [2.05, 4.69) is 22.6 Å². The second-order valence-electron chi connectivity index (χ2n) is 2.11. The molecule has 0 spiro atoms. The second kappa shape index (κ2) is 3.81. The largest absolute Gasteiger partial charge is 0.366 e. The highest BCUT2D eigenvalue weighted by molar-refractivity contribution is 14.1. The Bertz CT molecular complexity index is 317. The average molecular weight is 316 g/mol. The first-order valence-corrected chi connectivity index (χ1v) is 4.80. The van der Waals surface area contributed by atoms with E-state index in [4.69, 9.17) is 28.9 Å². The van der Waals surface area contributed by atoms with Gasteiger partial charge in [0.25, 0.3) is 5.91 Å². The van der Waals surface area contributed by atoms with E-state index in [1.807, 2.05) is 0 Å². The maximum absolute atomic E-state index is 10.8. The van der Waals surface area contributed by atoms with E-state index in [0.29, 0.717) is 10.0 Å². The van der Waals surface area contributed by atoms with Crippen LogP contribution in [0.15, 0.2) is 12.1 Å². The van der Waals surface area contributed by atoms with Crippen LogP contribution >= 0.6 is 45.8 Å². The summed E-state index contributed by atoms with van der Waals surface area (Å²) in [7, 11) is 0. The topological polar surface area (TPSA) is 43.1 Å². The molecule has 64 valence electrons. The van der Waals surface area contributed by atoms with E-state index in [1.54, 1.807) is 12.1 Å². The van der Waals surface area contributed by atoms with Crippen LogP contribution in [0.3, 0.4) is 0 Å². The molecule has 1 rings (SSSR count). The quantitative estimate of drug-likeness (QED) is 0.796. The summed E-state index contributed by atoms with van der Waals surface area (Å²) >= 11 is 13.5. The minimum absolute atomic E-state index is 0.179. The number of hydrogen-bond donors (Lipinski definition) is 1. The zero-order chi connectivity index (χ0) is 9.30. The number of benzene rings is 1. The standard InChI is InChI=1S/C7H4Cl2INO/c8-4-1-3(10)2-5(9)6(4)7(11)12/h1-2H,(H2,11,12). The number of halogens is 3. The molecule has 0 aliphatic heterocycles. The van der Waals surface area contributed by atoms with Crippen LogP contribution in [0.25, 0.3) is 0 Å². The van der Waals surface area contributed by atoms with Gasteiger partial charge < -0.3 is 5.73 Å². The fraction of sp³-hybridized carbons (Fsp3) is 0. The molecule has 0 saturated carbocycles. The first-order chi connectivity index (χ1) is 5.52. The number of rotatable bonds is 1. The van der Waals surface area contributed by atoms with Gasteiger partial charge in [-0.1, -0.05) is 23.2 Å². The molecule has 1 amide bonds. The Morgan fingerprint density at radius 1 is 1.33 bits per heavy atom. The summed E-state index contributed by atoms with van der Waals surface area (Å²) in [5, 5.41) is 0.582. The van der Waals surface area contributed by atoms with Crippen molar-refractivity contribution in [2.75, 3.05) is 0 Å². The van der Waals surface area contributed by atoms with Gasteiger partial charge >= 0.3 is 0 Å². The Kier molecular flexibility index (Phi) is 3.20. The predicted molar refractivity (Wildman–Crippen MR) is 57.7 cm³/mol. The van der Waals surface area contributed by atoms with E-state index < -0.39 is 5.91 Å². The van der Waals surface area contributed by atoms with Crippen LogP contribution in [-0.2, 0) is 0 Å². The molecular weight excluding hydrogens is 312 g/mol. The van der Waals surface area contributed by atoms with Crippen LogP contribution in [0.1, 0.15) is 10.4 Å². The number of hydrogen-bond acceptors (Lipinski definition) is 1. The van der Waals surface area contributed by atoms with Gasteiger partial charge in [0.2, 0.25) is 0 Å². The summed E-state index contributed by atoms with van der Waals surface area (Å²) < 4.78 is 0.868. The van der Waals surface area contributed by atoms with Crippen molar-refractivity contribution in [1.29, 1.82) is 0 Å². The lowest BCUT2D eigenvalue weighted by atomic mass is 10.2. The van der Waals surface area contributed by atoms with E-state index in [9.17, 15) is 4.79 Å². The number of nitrogens with two attached hydrogens (primary N) is 1. The molecule has 0 fully saturated rings. The molecule has 0 atom stereocenters. The van der Waals surface area contributed by atoms with Crippen molar-refractivity contribution < 1.29 is 4.79 Å². The Balaban J connectivity index is 3.38. The van der Waals surface area contributed by atoms with Crippen molar-refractivity contribution in [3.05, 3.63) is 31.3 Å². The van der Waals surface area contributed by atoms with E-state index in [1.165, 1.54) is 0 Å². The van der Waals surface area contributed by atoms with Gasteiger partial charge in [-0.3, -0.25) is 4.79 Å². The van der Waals surface area contributed by atoms with Crippen LogP contribution in [0.2, 0.25) is 10.0 Å². The van der Waals surface area contributed by atoms with Crippen molar-refractivity contribution in [3.63, 3.8) is 0 Å². The molecule has 2 N–H and O–H groups in total. The fourth-order valence-corrected chi connectivity index (χ4v) is 2.44. The summed E-state index contributed by atoms with van der Waals surface area (Å²) in [6.07, 6.45) is 0. The van der Waals surface area contributed by atoms with Gasteiger partial charge in [-0.15, -0.1) is 0 Å². The van der Waals surface area contributed by atoms with Gasteiger partial charge in [0.1, 0.15) is 0 Å². The molecule has 0 aromatic heterocycles. The zero-order valence-electron chi connectivity index (χ0n) is 5.77. The molecule has 0 aliphatic carbocycles. The van der Waals surface area contributed by atoms with Crippen molar-refractivity contribution >= 4 is 51.7 Å². The predicted octanol–water partition coefficient (Wildman–Crippen LogP) is 2.70. The van der Waals surface area contributed by atoms with Crippen LogP contribution in [0.5, 0.6) is 0 Å². The Hall–Kier alpha value is -0.0000000000000000555. The molecule has 0 bridgehead atoms. The van der Waals surface area contributed by atoms with Crippen LogP contribution < -0.4 is 5.73 Å². The van der Waals surface area contributed by atoms with Crippen LogP contribution in [-0.4, -0.2) is 5.91 Å². The van der Waals surface area contributed by atoms with Gasteiger partial charge in [-0.2, -0.15) is 0 Å². The maximum atomic E-state index is 10.8. The minimum Gasteiger partial charge on any atom is -0.366 e. The summed E-state index contributed by atoms with van der Waals surface area (Å²) in [5.74, 6) is -0.610. The zero-order valence-corrected chi connectivity index (χ0v) is 9.44. The average Bonchev–Trinajstić information content (AvgIpc) is 1.82. The molecule has 0 aliphatic rings. The monoisotopic (exact) mass is 315 g/mol. The third-order valence-corrected chi connectivity index (χ3v) is 2.47. The molecule has 1 aromatic carbocycles. The Morgan fingerprint density at radius 2 is 1.75 bits per heavy atom. The minimum atomic E-state index is -0.610. The van der Waals surface area contributed by atoms with Crippen molar-refractivity contribution in [2.45, 2.75) is 0 Å². The SMILES string of the molecule is NC(=O)c1c(Cl)cc(I)cc1Cl. The van der Waals surface area contributed by atoms with Crippen molar-refractivity contribution in [2.24, 2.45) is 5.73 Å². The summed E-state index contributed by atoms with van der Waals surface area (Å²) in [4.78, 5) is 10.8. The van der Waals surface area contributed by atoms with E-state index in [0.717, 1.165) is 3.57 Å². The van der Waals surface area contributed by atoms with Gasteiger partial charge in [0.15, 0.2) is 0 Å². The summed E-state index contributed by atoms with van der Waals surface area (Å²) in [5.41, 5.74) is 5.23. The highest BCUT2D eigenvalue weighted by atomic mass is 127. The lowest BCUT2D eigenvalue weighted by Crippen LogP contribution is -2.12. The van der Waals surface area contributed by atoms with Crippen LogP contribution in [0, 0.1) is 3.57 Å². The van der Waals surface area contributed by atoms with Gasteiger partial charge in [-0.05, 0) is 34.7 Å². The smallest absolute Gasteiger partial charge is 0.251 e. The van der Waals surface area contributed by atoms with Crippen molar-refractivity contribution in [1.82, 2.24) is 0 Å². The van der Waals surface area contributed by atoms with Gasteiger partial charge in [0.05, 0.1) is 15.6 Å². The molecule has 12 heavy (non-hydrogen) atoms. The number of carbonyl (C=O) groups excluding carboxylic acids is 1. The third kappa shape index (κ3) is 2.02. The van der Waals surface area contributed by atoms with E-state index >= 15 is 0 Å². The fourth-order valence-electron chi connectivity index (χ4n) is 0.778. The van der Waals surface area contributed by atoms with E-state index in [-0.39, 0.29) is 5.56 Å². The number of amides is 1. The summed E-state index contributed by atoms with van der Waals surface area (Å²) in [6.45, 7) is 0. The molecule has 2 nitrogen and oxygen atoms in total. The molecular formula is C7H4Cl2INO. The van der Waals surface area contributed by atoms with Crippen molar-refractivity contribution in [3.8, 4) is 0 Å². The Morgan fingerprint density at radius 3 is 2.08 bits per heavy atom. The van der Waals surface area contributed by atoms with Gasteiger partial charge in [-0.25, -0.2) is 0 Å². The molecule has 1 aromatic rings. The van der Waals surface area contributed by atoms with Gasteiger partial charge in [0, 0.05) is 3.57 Å². The molecule has 0 unspecified atom stereocenters. The highest BCUT2D eigenvalue weighted by Crippen LogP contribution is 2.26. The molecule has 5 heteroatoms. The molecule has 0 heterocycles. The summed E-state index contributed by atoms with van der Waals surface area (Å²) in [6, 6.07) is 3.27. The maximum Gasteiger partial charge on any atom is 0.251 e.